The first kappa shape index (κ1) is 22.1. The Balaban J connectivity index is 1.55. The van der Waals surface area contributed by atoms with Crippen LogP contribution in [0.4, 0.5) is 0 Å². The van der Waals surface area contributed by atoms with Gasteiger partial charge in [0.05, 0.1) is 38.6 Å². The molecule has 0 aliphatic rings. The Bertz CT molecular complexity index is 1370. The molecule has 0 saturated heterocycles. The van der Waals surface area contributed by atoms with Gasteiger partial charge in [-0.1, -0.05) is 77.4 Å². The smallest absolute Gasteiger partial charge is 0.266 e. The molecule has 1 heterocycles. The number of para-hydroxylation sites is 2. The monoisotopic (exact) mass is 482 g/mol. The molecule has 0 spiro atoms. The maximum Gasteiger partial charge on any atom is 0.266 e. The van der Waals surface area contributed by atoms with Gasteiger partial charge in [-0.15, -0.1) is 0 Å². The van der Waals surface area contributed by atoms with Gasteiger partial charge in [-0.25, -0.2) is 10.4 Å². The van der Waals surface area contributed by atoms with Crippen LogP contribution in [-0.2, 0) is 4.79 Å². The van der Waals surface area contributed by atoms with Crippen LogP contribution in [-0.4, -0.2) is 27.4 Å². The summed E-state index contributed by atoms with van der Waals surface area (Å²) in [7, 11) is 0. The van der Waals surface area contributed by atoms with E-state index in [1.165, 1.54) is 10.8 Å². The van der Waals surface area contributed by atoms with Crippen LogP contribution in [0.5, 0.6) is 0 Å². The summed E-state index contributed by atoms with van der Waals surface area (Å²) in [6.07, 6.45) is 1.42. The van der Waals surface area contributed by atoms with Gasteiger partial charge in [0.1, 0.15) is 0 Å². The average molecular weight is 483 g/mol. The van der Waals surface area contributed by atoms with E-state index in [0.29, 0.717) is 37.4 Å². The average Bonchev–Trinajstić information content (AvgIpc) is 2.81. The molecule has 0 radical (unpaired) electrons. The number of fused-ring (bicyclic) bond motifs is 1. The predicted molar refractivity (Wildman–Crippen MR) is 130 cm³/mol. The van der Waals surface area contributed by atoms with Crippen LogP contribution in [0, 0.1) is 0 Å². The van der Waals surface area contributed by atoms with Crippen molar-refractivity contribution < 1.29 is 4.79 Å². The van der Waals surface area contributed by atoms with Gasteiger partial charge < -0.3 is 0 Å². The maximum absolute atomic E-state index is 13.1. The molecule has 0 unspecified atom stereocenters. The molecule has 9 heteroatoms. The normalized spacial score (nSPS) is 11.2. The van der Waals surface area contributed by atoms with Crippen molar-refractivity contribution in [3.63, 3.8) is 0 Å². The SMILES string of the molecule is O=C(CSc1nc2ccccc2c(=O)n1-c1ccccc1)N/N=C/c1cccc(Cl)c1Cl. The molecule has 0 aliphatic heterocycles. The second-order valence-electron chi connectivity index (χ2n) is 6.61. The van der Waals surface area contributed by atoms with Crippen molar-refractivity contribution in [2.75, 3.05) is 5.75 Å². The topological polar surface area (TPSA) is 76.3 Å². The van der Waals surface area contributed by atoms with Gasteiger partial charge in [-0.05, 0) is 30.3 Å². The summed E-state index contributed by atoms with van der Waals surface area (Å²) in [5.41, 5.74) is 4.08. The third kappa shape index (κ3) is 4.85. The van der Waals surface area contributed by atoms with Gasteiger partial charge in [-0.2, -0.15) is 5.10 Å². The van der Waals surface area contributed by atoms with Crippen molar-refractivity contribution in [2.45, 2.75) is 5.16 Å². The van der Waals surface area contributed by atoms with Crippen molar-refractivity contribution in [2.24, 2.45) is 5.10 Å². The minimum Gasteiger partial charge on any atom is -0.272 e. The lowest BCUT2D eigenvalue weighted by molar-refractivity contribution is -0.118. The van der Waals surface area contributed by atoms with Gasteiger partial charge in [0, 0.05) is 5.56 Å². The minimum absolute atomic E-state index is 0.0121. The van der Waals surface area contributed by atoms with Crippen molar-refractivity contribution in [3.8, 4) is 5.69 Å². The molecule has 0 fully saturated rings. The van der Waals surface area contributed by atoms with Gasteiger partial charge in [-0.3, -0.25) is 14.2 Å². The molecule has 4 aromatic rings. The third-order valence-electron chi connectivity index (χ3n) is 4.47. The fraction of sp³-hybridized carbons (Fsp3) is 0.0435. The minimum atomic E-state index is -0.355. The first-order valence-electron chi connectivity index (χ1n) is 9.50. The zero-order valence-electron chi connectivity index (χ0n) is 16.5. The summed E-state index contributed by atoms with van der Waals surface area (Å²) in [5, 5.41) is 5.61. The fourth-order valence-corrected chi connectivity index (χ4v) is 4.13. The zero-order chi connectivity index (χ0) is 22.5. The lowest BCUT2D eigenvalue weighted by Crippen LogP contribution is -2.24. The quantitative estimate of drug-likeness (QED) is 0.183. The van der Waals surface area contributed by atoms with E-state index in [1.807, 2.05) is 36.4 Å². The molecule has 1 amide bonds. The van der Waals surface area contributed by atoms with E-state index in [9.17, 15) is 9.59 Å². The Morgan fingerprint density at radius 3 is 2.59 bits per heavy atom. The molecule has 0 bridgehead atoms. The lowest BCUT2D eigenvalue weighted by Gasteiger charge is -2.12. The first-order valence-corrected chi connectivity index (χ1v) is 11.2. The summed E-state index contributed by atoms with van der Waals surface area (Å²) in [4.78, 5) is 30.1. The van der Waals surface area contributed by atoms with E-state index in [1.54, 1.807) is 36.4 Å². The molecule has 4 rings (SSSR count). The van der Waals surface area contributed by atoms with Gasteiger partial charge in [0.2, 0.25) is 0 Å². The van der Waals surface area contributed by atoms with Crippen LogP contribution >= 0.6 is 35.0 Å². The number of nitrogens with zero attached hydrogens (tertiary/aromatic N) is 3. The number of hydrazone groups is 1. The Hall–Kier alpha value is -3.13. The van der Waals surface area contributed by atoms with Crippen LogP contribution in [0.25, 0.3) is 16.6 Å². The van der Waals surface area contributed by atoms with Crippen molar-refractivity contribution in [1.29, 1.82) is 0 Å². The molecule has 0 saturated carbocycles. The highest BCUT2D eigenvalue weighted by atomic mass is 35.5. The maximum atomic E-state index is 13.1. The molecule has 1 aromatic heterocycles. The van der Waals surface area contributed by atoms with E-state index < -0.39 is 0 Å². The largest absolute Gasteiger partial charge is 0.272 e. The highest BCUT2D eigenvalue weighted by molar-refractivity contribution is 7.99. The molecule has 1 N–H and O–H groups in total. The Labute approximate surface area is 197 Å². The van der Waals surface area contributed by atoms with Gasteiger partial charge in [0.15, 0.2) is 5.16 Å². The number of carbonyl (C=O) groups is 1. The fourth-order valence-electron chi connectivity index (χ4n) is 2.97. The van der Waals surface area contributed by atoms with Crippen LogP contribution in [0.2, 0.25) is 10.0 Å². The second-order valence-corrected chi connectivity index (χ2v) is 8.34. The molecular weight excluding hydrogens is 467 g/mol. The molecule has 32 heavy (non-hydrogen) atoms. The molecule has 0 atom stereocenters. The number of carbonyl (C=O) groups excluding carboxylic acids is 1. The zero-order valence-corrected chi connectivity index (χ0v) is 18.9. The van der Waals surface area contributed by atoms with Gasteiger partial charge in [0.25, 0.3) is 11.5 Å². The number of hydrogen-bond donors (Lipinski definition) is 1. The van der Waals surface area contributed by atoms with Crippen LogP contribution < -0.4 is 11.0 Å². The summed E-state index contributed by atoms with van der Waals surface area (Å²) in [5.74, 6) is -0.343. The Kier molecular flexibility index (Phi) is 6.90. The number of hydrogen-bond acceptors (Lipinski definition) is 5. The summed E-state index contributed by atoms with van der Waals surface area (Å²) >= 11 is 13.2. The summed E-state index contributed by atoms with van der Waals surface area (Å²) in [6, 6.07) is 21.5. The third-order valence-corrected chi connectivity index (χ3v) is 6.24. The Morgan fingerprint density at radius 2 is 1.78 bits per heavy atom. The van der Waals surface area contributed by atoms with Crippen molar-refractivity contribution in [1.82, 2.24) is 15.0 Å². The van der Waals surface area contributed by atoms with E-state index in [-0.39, 0.29) is 17.2 Å². The van der Waals surface area contributed by atoms with E-state index in [0.717, 1.165) is 11.8 Å². The Morgan fingerprint density at radius 1 is 1.03 bits per heavy atom. The number of amides is 1. The highest BCUT2D eigenvalue weighted by Gasteiger charge is 2.14. The number of rotatable bonds is 6. The molecular formula is C23H16Cl2N4O2S. The second kappa shape index (κ2) is 9.99. The molecule has 0 aliphatic carbocycles. The summed E-state index contributed by atoms with van der Waals surface area (Å²) < 4.78 is 1.51. The number of thioether (sulfide) groups is 1. The van der Waals surface area contributed by atoms with Crippen LogP contribution in [0.15, 0.2) is 87.8 Å². The van der Waals surface area contributed by atoms with Crippen molar-refractivity contribution >= 4 is 58.0 Å². The lowest BCUT2D eigenvalue weighted by atomic mass is 10.2. The molecule has 160 valence electrons. The summed E-state index contributed by atoms with van der Waals surface area (Å²) in [6.45, 7) is 0. The van der Waals surface area contributed by atoms with E-state index in [2.05, 4.69) is 15.5 Å². The van der Waals surface area contributed by atoms with Crippen LogP contribution in [0.3, 0.4) is 0 Å². The predicted octanol–water partition coefficient (Wildman–Crippen LogP) is 4.93. The molecule has 6 nitrogen and oxygen atoms in total. The van der Waals surface area contributed by atoms with Crippen molar-refractivity contribution in [3.05, 3.63) is 98.8 Å². The number of nitrogens with one attached hydrogen (secondary N) is 1. The number of benzene rings is 3. The number of aromatic nitrogens is 2. The standard InChI is InChI=1S/C23H16Cl2N4O2S/c24-18-11-6-7-15(21(18)25)13-26-28-20(30)14-32-23-27-19-12-5-4-10-17(19)22(31)29(23)16-8-2-1-3-9-16/h1-13H,14H2,(H,28,30)/b26-13+. The number of halogens is 2. The van der Waals surface area contributed by atoms with Gasteiger partial charge >= 0.3 is 0 Å². The highest BCUT2D eigenvalue weighted by Crippen LogP contribution is 2.24. The van der Waals surface area contributed by atoms with E-state index >= 15 is 0 Å². The molecule has 3 aromatic carbocycles. The van der Waals surface area contributed by atoms with E-state index in [4.69, 9.17) is 23.2 Å². The first-order chi connectivity index (χ1) is 15.5. The van der Waals surface area contributed by atoms with Crippen LogP contribution in [0.1, 0.15) is 5.56 Å².